The molecule has 0 saturated carbocycles. The van der Waals surface area contributed by atoms with Gasteiger partial charge < -0.3 is 0 Å². The fourth-order valence-corrected chi connectivity index (χ4v) is 0.534. The minimum Gasteiger partial charge on any atom is -0.0622 e. The van der Waals surface area contributed by atoms with Gasteiger partial charge in [0, 0.05) is 5.48 Å². The van der Waals surface area contributed by atoms with Crippen LogP contribution in [0.4, 0.5) is 0 Å². The van der Waals surface area contributed by atoms with E-state index in [9.17, 15) is 0 Å². The summed E-state index contributed by atoms with van der Waals surface area (Å²) in [4.78, 5) is 0. The fraction of sp³-hybridized carbons (Fsp3) is 0.143. The van der Waals surface area contributed by atoms with Gasteiger partial charge in [0.15, 0.2) is 0 Å². The SMILES string of the molecule is Cc1ccccc1.[O]. The normalized spacial score (nSPS) is 7.62. The number of hydrogen-bond acceptors (Lipinski definition) is 0. The van der Waals surface area contributed by atoms with Crippen molar-refractivity contribution in [3.63, 3.8) is 0 Å². The zero-order valence-corrected chi connectivity index (χ0v) is 4.79. The van der Waals surface area contributed by atoms with Crippen molar-refractivity contribution in [1.82, 2.24) is 0 Å². The standard InChI is InChI=1S/C7H8.O/c1-7-5-3-2-4-6-7;/h2-6H,1H3;. The molecule has 0 atom stereocenters. The quantitative estimate of drug-likeness (QED) is 0.485. The summed E-state index contributed by atoms with van der Waals surface area (Å²) in [5.41, 5.74) is 1.32. The maximum Gasteiger partial charge on any atom is 0 e. The molecule has 0 amide bonds. The largest absolute Gasteiger partial charge is 0.0622 e. The van der Waals surface area contributed by atoms with Gasteiger partial charge in [0.25, 0.3) is 0 Å². The third-order valence-corrected chi connectivity index (χ3v) is 0.940. The van der Waals surface area contributed by atoms with Gasteiger partial charge in [-0.3, -0.25) is 0 Å². The molecule has 2 radical (unpaired) electrons. The van der Waals surface area contributed by atoms with E-state index in [-0.39, 0.29) is 5.48 Å². The Morgan fingerprint density at radius 3 is 1.75 bits per heavy atom. The highest BCUT2D eigenvalue weighted by Crippen LogP contribution is 1.92. The van der Waals surface area contributed by atoms with E-state index in [1.807, 2.05) is 18.2 Å². The van der Waals surface area contributed by atoms with Crippen molar-refractivity contribution in [3.05, 3.63) is 35.9 Å². The Bertz CT molecular complexity index is 134. The van der Waals surface area contributed by atoms with Crippen LogP contribution >= 0.6 is 0 Å². The molecular weight excluding hydrogens is 100 g/mol. The molecule has 42 valence electrons. The van der Waals surface area contributed by atoms with Crippen molar-refractivity contribution in [1.29, 1.82) is 0 Å². The molecule has 1 aromatic carbocycles. The number of aryl methyl sites for hydroxylation is 1. The van der Waals surface area contributed by atoms with E-state index in [2.05, 4.69) is 19.1 Å². The van der Waals surface area contributed by atoms with E-state index < -0.39 is 0 Å². The molecule has 0 N–H and O–H groups in total. The summed E-state index contributed by atoms with van der Waals surface area (Å²) in [6, 6.07) is 10.3. The molecule has 8 heavy (non-hydrogen) atoms. The molecule has 1 aromatic rings. The number of hydrogen-bond donors (Lipinski definition) is 0. The topological polar surface area (TPSA) is 28.5 Å². The summed E-state index contributed by atoms with van der Waals surface area (Å²) in [5, 5.41) is 0. The summed E-state index contributed by atoms with van der Waals surface area (Å²) in [6.45, 7) is 2.08. The van der Waals surface area contributed by atoms with E-state index >= 15 is 0 Å². The van der Waals surface area contributed by atoms with Crippen LogP contribution in [0.2, 0.25) is 0 Å². The monoisotopic (exact) mass is 108 g/mol. The Labute approximate surface area is 49.3 Å². The lowest BCUT2D eigenvalue weighted by atomic mass is 10.2. The molecule has 0 aliphatic carbocycles. The van der Waals surface area contributed by atoms with Crippen LogP contribution in [0.3, 0.4) is 0 Å². The van der Waals surface area contributed by atoms with Gasteiger partial charge in [0.1, 0.15) is 0 Å². The summed E-state index contributed by atoms with van der Waals surface area (Å²) in [7, 11) is 0. The second-order valence-corrected chi connectivity index (χ2v) is 1.65. The Hall–Kier alpha value is -0.820. The molecule has 0 aliphatic rings. The van der Waals surface area contributed by atoms with Gasteiger partial charge in [-0.2, -0.15) is 0 Å². The zero-order chi connectivity index (χ0) is 5.11. The summed E-state index contributed by atoms with van der Waals surface area (Å²) in [6.07, 6.45) is 0. The molecule has 0 aromatic heterocycles. The third-order valence-electron chi connectivity index (χ3n) is 0.940. The first kappa shape index (κ1) is 7.18. The second kappa shape index (κ2) is 3.22. The van der Waals surface area contributed by atoms with E-state index in [4.69, 9.17) is 0 Å². The van der Waals surface area contributed by atoms with Crippen molar-refractivity contribution in [2.24, 2.45) is 0 Å². The molecule has 0 saturated heterocycles. The number of benzene rings is 1. The highest BCUT2D eigenvalue weighted by Gasteiger charge is 1.72. The van der Waals surface area contributed by atoms with Crippen LogP contribution in [0, 0.1) is 6.92 Å². The lowest BCUT2D eigenvalue weighted by Crippen LogP contribution is -1.62. The van der Waals surface area contributed by atoms with Crippen molar-refractivity contribution in [3.8, 4) is 0 Å². The van der Waals surface area contributed by atoms with Gasteiger partial charge in [-0.1, -0.05) is 35.9 Å². The van der Waals surface area contributed by atoms with Gasteiger partial charge in [-0.05, 0) is 6.92 Å². The molecular formula is C7H8O. The highest BCUT2D eigenvalue weighted by molar-refractivity contribution is 5.11. The molecule has 1 nitrogen and oxygen atoms in total. The molecule has 0 fully saturated rings. The predicted molar refractivity (Wildman–Crippen MR) is 31.9 cm³/mol. The Morgan fingerprint density at radius 1 is 1.00 bits per heavy atom. The molecule has 0 bridgehead atoms. The van der Waals surface area contributed by atoms with Gasteiger partial charge in [0.2, 0.25) is 0 Å². The first-order chi connectivity index (χ1) is 3.39. The minimum atomic E-state index is 0. The summed E-state index contributed by atoms with van der Waals surface area (Å²) >= 11 is 0. The fourth-order valence-electron chi connectivity index (χ4n) is 0.534. The Morgan fingerprint density at radius 2 is 1.50 bits per heavy atom. The van der Waals surface area contributed by atoms with Crippen LogP contribution in [0.15, 0.2) is 30.3 Å². The van der Waals surface area contributed by atoms with Crippen molar-refractivity contribution in [2.45, 2.75) is 6.92 Å². The Balaban J connectivity index is 0.000000490. The Kier molecular flexibility index (Phi) is 2.89. The smallest absolute Gasteiger partial charge is 0 e. The molecule has 1 heteroatoms. The van der Waals surface area contributed by atoms with Crippen molar-refractivity contribution >= 4 is 0 Å². The molecule has 0 spiro atoms. The van der Waals surface area contributed by atoms with Crippen LogP contribution in [0.25, 0.3) is 0 Å². The van der Waals surface area contributed by atoms with E-state index in [1.165, 1.54) is 5.56 Å². The lowest BCUT2D eigenvalue weighted by Gasteiger charge is -1.82. The summed E-state index contributed by atoms with van der Waals surface area (Å²) < 4.78 is 0. The molecule has 1 rings (SSSR count). The summed E-state index contributed by atoms with van der Waals surface area (Å²) in [5.74, 6) is 0. The zero-order valence-electron chi connectivity index (χ0n) is 4.79. The third kappa shape index (κ3) is 1.76. The lowest BCUT2D eigenvalue weighted by molar-refractivity contribution is 0.686. The van der Waals surface area contributed by atoms with Gasteiger partial charge in [0.05, 0.1) is 0 Å². The van der Waals surface area contributed by atoms with E-state index in [1.54, 1.807) is 0 Å². The molecule has 0 heterocycles. The maximum absolute atomic E-state index is 2.08. The highest BCUT2D eigenvalue weighted by atomic mass is 16.0. The minimum absolute atomic E-state index is 0. The van der Waals surface area contributed by atoms with E-state index in [0.29, 0.717) is 0 Å². The second-order valence-electron chi connectivity index (χ2n) is 1.65. The van der Waals surface area contributed by atoms with Crippen LogP contribution in [0.5, 0.6) is 0 Å². The van der Waals surface area contributed by atoms with E-state index in [0.717, 1.165) is 0 Å². The van der Waals surface area contributed by atoms with Crippen LogP contribution in [-0.2, 0) is 5.48 Å². The first-order valence-corrected chi connectivity index (χ1v) is 2.41. The van der Waals surface area contributed by atoms with Gasteiger partial charge in [-0.25, -0.2) is 0 Å². The maximum atomic E-state index is 2.08. The number of rotatable bonds is 0. The molecule has 0 aliphatic heterocycles. The van der Waals surface area contributed by atoms with Gasteiger partial charge in [-0.15, -0.1) is 0 Å². The van der Waals surface area contributed by atoms with Crippen LogP contribution in [0.1, 0.15) is 5.56 Å². The van der Waals surface area contributed by atoms with Crippen LogP contribution < -0.4 is 0 Å². The predicted octanol–water partition coefficient (Wildman–Crippen LogP) is 1.88. The molecule has 0 unspecified atom stereocenters. The first-order valence-electron chi connectivity index (χ1n) is 2.41. The van der Waals surface area contributed by atoms with Crippen molar-refractivity contribution < 1.29 is 5.48 Å². The average Bonchev–Trinajstić information content (AvgIpc) is 1.69. The van der Waals surface area contributed by atoms with Gasteiger partial charge >= 0.3 is 0 Å². The van der Waals surface area contributed by atoms with Crippen molar-refractivity contribution in [2.75, 3.05) is 0 Å². The van der Waals surface area contributed by atoms with Crippen LogP contribution in [-0.4, -0.2) is 0 Å². The average molecular weight is 108 g/mol.